The third-order valence-corrected chi connectivity index (χ3v) is 4.91. The van der Waals surface area contributed by atoms with Crippen LogP contribution in [0.2, 0.25) is 0 Å². The van der Waals surface area contributed by atoms with E-state index in [9.17, 15) is 19.1 Å². The van der Waals surface area contributed by atoms with Crippen LogP contribution in [0.3, 0.4) is 0 Å². The Hall–Kier alpha value is -3.29. The number of aliphatic carboxylic acids is 1. The summed E-state index contributed by atoms with van der Waals surface area (Å²) in [5.41, 5.74) is 2.36. The van der Waals surface area contributed by atoms with Crippen molar-refractivity contribution in [1.82, 2.24) is 15.5 Å². The maximum absolute atomic E-state index is 13.5. The number of carbonyl (C=O) groups is 2. The van der Waals surface area contributed by atoms with Crippen molar-refractivity contribution in [2.75, 3.05) is 0 Å². The summed E-state index contributed by atoms with van der Waals surface area (Å²) in [6.45, 7) is 3.23. The van der Waals surface area contributed by atoms with Crippen LogP contribution in [-0.4, -0.2) is 27.1 Å². The molecule has 7 nitrogen and oxygen atoms in total. The first-order valence-corrected chi connectivity index (χ1v) is 8.91. The molecule has 1 atom stereocenters. The van der Waals surface area contributed by atoms with Gasteiger partial charge in [0, 0.05) is 11.6 Å². The van der Waals surface area contributed by atoms with Gasteiger partial charge in [-0.2, -0.15) is 0 Å². The Bertz CT molecular complexity index is 1100. The Balaban J connectivity index is 1.72. The van der Waals surface area contributed by atoms with Crippen LogP contribution in [-0.2, 0) is 4.79 Å². The van der Waals surface area contributed by atoms with Gasteiger partial charge in [-0.1, -0.05) is 17.3 Å². The first-order chi connectivity index (χ1) is 13.3. The van der Waals surface area contributed by atoms with Gasteiger partial charge in [-0.3, -0.25) is 4.79 Å². The number of aromatic nitrogens is 2. The molecule has 2 heterocycles. The maximum Gasteiger partial charge on any atom is 0.330 e. The van der Waals surface area contributed by atoms with Gasteiger partial charge in [0.05, 0.1) is 16.6 Å². The topological polar surface area (TPSA) is 105 Å². The van der Waals surface area contributed by atoms with Crippen LogP contribution in [0.5, 0.6) is 0 Å². The number of pyridine rings is 1. The molecule has 1 unspecified atom stereocenters. The summed E-state index contributed by atoms with van der Waals surface area (Å²) < 4.78 is 18.8. The second kappa shape index (κ2) is 6.70. The van der Waals surface area contributed by atoms with E-state index in [1.54, 1.807) is 13.0 Å². The molecule has 1 aliphatic rings. The lowest BCUT2D eigenvalue weighted by Gasteiger charge is -2.16. The molecule has 4 rings (SSSR count). The first kappa shape index (κ1) is 18.1. The molecule has 1 saturated carbocycles. The van der Waals surface area contributed by atoms with Crippen molar-refractivity contribution in [3.8, 4) is 0 Å². The molecule has 3 aromatic rings. The SMILES string of the molecule is Cc1cc(C(NC(=O)c2cc(C3CC3)nc3onc(C)c23)C(=O)O)ccc1F. The van der Waals surface area contributed by atoms with Gasteiger partial charge < -0.3 is 14.9 Å². The average molecular weight is 383 g/mol. The molecule has 1 fully saturated rings. The number of aryl methyl sites for hydroxylation is 2. The van der Waals surface area contributed by atoms with Gasteiger partial charge in [-0.05, 0) is 49.9 Å². The lowest BCUT2D eigenvalue weighted by Crippen LogP contribution is -2.34. The highest BCUT2D eigenvalue weighted by molar-refractivity contribution is 6.07. The Kier molecular flexibility index (Phi) is 4.33. The van der Waals surface area contributed by atoms with Crippen LogP contribution >= 0.6 is 0 Å². The van der Waals surface area contributed by atoms with Crippen LogP contribution < -0.4 is 5.32 Å². The average Bonchev–Trinajstić information content (AvgIpc) is 3.45. The molecule has 1 amide bonds. The molecule has 0 radical (unpaired) electrons. The van der Waals surface area contributed by atoms with Crippen LogP contribution in [0.4, 0.5) is 4.39 Å². The van der Waals surface area contributed by atoms with Crippen LogP contribution in [0.15, 0.2) is 28.8 Å². The second-order valence-corrected chi connectivity index (χ2v) is 7.07. The number of benzene rings is 1. The quantitative estimate of drug-likeness (QED) is 0.699. The largest absolute Gasteiger partial charge is 0.479 e. The first-order valence-electron chi connectivity index (χ1n) is 8.91. The molecule has 0 saturated heterocycles. The number of amides is 1. The monoisotopic (exact) mass is 383 g/mol. The zero-order chi connectivity index (χ0) is 20.0. The zero-order valence-electron chi connectivity index (χ0n) is 15.3. The van der Waals surface area contributed by atoms with Gasteiger partial charge in [-0.15, -0.1) is 0 Å². The molecular weight excluding hydrogens is 365 g/mol. The summed E-state index contributed by atoms with van der Waals surface area (Å²) in [5.74, 6) is -1.98. The predicted octanol–water partition coefficient (Wildman–Crippen LogP) is 3.41. The zero-order valence-corrected chi connectivity index (χ0v) is 15.3. The van der Waals surface area contributed by atoms with Gasteiger partial charge >= 0.3 is 5.97 Å². The van der Waals surface area contributed by atoms with E-state index in [0.717, 1.165) is 18.5 Å². The highest BCUT2D eigenvalue weighted by atomic mass is 19.1. The molecule has 2 N–H and O–H groups in total. The van der Waals surface area contributed by atoms with Crippen LogP contribution in [0.1, 0.15) is 57.7 Å². The number of halogens is 1. The summed E-state index contributed by atoms with van der Waals surface area (Å²) in [6, 6.07) is 4.31. The number of hydrogen-bond donors (Lipinski definition) is 2. The van der Waals surface area contributed by atoms with E-state index in [1.807, 2.05) is 0 Å². The van der Waals surface area contributed by atoms with Crippen molar-refractivity contribution < 1.29 is 23.6 Å². The highest BCUT2D eigenvalue weighted by Gasteiger charge is 2.30. The van der Waals surface area contributed by atoms with Crippen molar-refractivity contribution in [3.63, 3.8) is 0 Å². The van der Waals surface area contributed by atoms with Crippen molar-refractivity contribution in [2.24, 2.45) is 0 Å². The fraction of sp³-hybridized carbons (Fsp3) is 0.300. The minimum absolute atomic E-state index is 0.261. The number of nitrogens with zero attached hydrogens (tertiary/aromatic N) is 2. The smallest absolute Gasteiger partial charge is 0.330 e. The number of nitrogens with one attached hydrogen (secondary N) is 1. The minimum atomic E-state index is -1.32. The van der Waals surface area contributed by atoms with Gasteiger partial charge in [0.2, 0.25) is 0 Å². The van der Waals surface area contributed by atoms with E-state index in [0.29, 0.717) is 16.6 Å². The van der Waals surface area contributed by atoms with E-state index in [-0.39, 0.29) is 22.8 Å². The third kappa shape index (κ3) is 3.21. The van der Waals surface area contributed by atoms with Crippen molar-refractivity contribution >= 4 is 23.0 Å². The van der Waals surface area contributed by atoms with E-state index in [2.05, 4.69) is 15.5 Å². The van der Waals surface area contributed by atoms with Crippen LogP contribution in [0, 0.1) is 19.7 Å². The Morgan fingerprint density at radius 2 is 2.04 bits per heavy atom. The Labute approximate surface area is 159 Å². The van der Waals surface area contributed by atoms with Crippen molar-refractivity contribution in [3.05, 3.63) is 58.2 Å². The standard InChI is InChI=1S/C20H18FN3O4/c1-9-7-12(5-6-14(9)21)17(20(26)27)23-18(25)13-8-15(11-3-4-11)22-19-16(13)10(2)24-28-19/h5-8,11,17H,3-4H2,1-2H3,(H,23,25)(H,26,27). The Morgan fingerprint density at radius 3 is 2.68 bits per heavy atom. The molecule has 2 aromatic heterocycles. The van der Waals surface area contributed by atoms with E-state index in [1.165, 1.54) is 25.1 Å². The fourth-order valence-corrected chi connectivity index (χ4v) is 3.22. The van der Waals surface area contributed by atoms with Crippen LogP contribution in [0.25, 0.3) is 11.1 Å². The van der Waals surface area contributed by atoms with Gasteiger partial charge in [0.15, 0.2) is 6.04 Å². The minimum Gasteiger partial charge on any atom is -0.479 e. The predicted molar refractivity (Wildman–Crippen MR) is 97.5 cm³/mol. The summed E-state index contributed by atoms with van der Waals surface area (Å²) in [4.78, 5) is 29.2. The number of carboxylic acid groups (broad SMARTS) is 1. The number of hydrogen-bond acceptors (Lipinski definition) is 5. The molecule has 0 bridgehead atoms. The van der Waals surface area contributed by atoms with E-state index >= 15 is 0 Å². The summed E-state index contributed by atoms with van der Waals surface area (Å²) in [7, 11) is 0. The van der Waals surface area contributed by atoms with E-state index < -0.39 is 23.7 Å². The fourth-order valence-electron chi connectivity index (χ4n) is 3.22. The maximum atomic E-state index is 13.5. The summed E-state index contributed by atoms with van der Waals surface area (Å²) >= 11 is 0. The molecule has 1 aromatic carbocycles. The molecule has 28 heavy (non-hydrogen) atoms. The lowest BCUT2D eigenvalue weighted by molar-refractivity contribution is -0.139. The highest BCUT2D eigenvalue weighted by Crippen LogP contribution is 2.40. The number of carbonyl (C=O) groups excluding carboxylic acids is 1. The molecule has 144 valence electrons. The normalized spacial score (nSPS) is 14.8. The molecule has 0 aliphatic heterocycles. The molecular formula is C20H18FN3O4. The van der Waals surface area contributed by atoms with Gasteiger partial charge in [-0.25, -0.2) is 14.2 Å². The summed E-state index contributed by atoms with van der Waals surface area (Å²) in [6.07, 6.45) is 1.97. The number of carboxylic acids is 1. The summed E-state index contributed by atoms with van der Waals surface area (Å²) in [5, 5.41) is 16.5. The molecule has 1 aliphatic carbocycles. The van der Waals surface area contributed by atoms with Gasteiger partial charge in [0.25, 0.3) is 11.6 Å². The van der Waals surface area contributed by atoms with Crippen molar-refractivity contribution in [1.29, 1.82) is 0 Å². The number of fused-ring (bicyclic) bond motifs is 1. The molecule has 8 heteroatoms. The van der Waals surface area contributed by atoms with Gasteiger partial charge in [0.1, 0.15) is 5.82 Å². The molecule has 0 spiro atoms. The Morgan fingerprint density at radius 1 is 1.29 bits per heavy atom. The lowest BCUT2D eigenvalue weighted by atomic mass is 10.0. The third-order valence-electron chi connectivity index (χ3n) is 4.91. The number of rotatable bonds is 5. The van der Waals surface area contributed by atoms with Crippen molar-refractivity contribution in [2.45, 2.75) is 38.6 Å². The van der Waals surface area contributed by atoms with E-state index in [4.69, 9.17) is 4.52 Å². The second-order valence-electron chi connectivity index (χ2n) is 7.07.